The Morgan fingerprint density at radius 2 is 1.00 bits per heavy atom. The minimum Gasteiger partial charge on any atom is -0.462 e. The smallest absolute Gasteiger partial charge is 0.306 e. The monoisotopic (exact) mass is 540 g/mol. The minimum absolute atomic E-state index is 0.0580. The van der Waals surface area contributed by atoms with Crippen molar-refractivity contribution < 1.29 is 19.1 Å². The first-order valence-electron chi connectivity index (χ1n) is 16.3. The molecule has 0 spiro atoms. The molecule has 6 nitrogen and oxygen atoms in total. The van der Waals surface area contributed by atoms with Gasteiger partial charge in [-0.2, -0.15) is 0 Å². The van der Waals surface area contributed by atoms with Crippen molar-refractivity contribution in [3.05, 3.63) is 0 Å². The second kappa shape index (κ2) is 27.4. The summed E-state index contributed by atoms with van der Waals surface area (Å²) >= 11 is 0. The molecule has 0 bridgehead atoms. The molecule has 2 N–H and O–H groups in total. The van der Waals surface area contributed by atoms with E-state index in [4.69, 9.17) is 15.2 Å². The molecule has 0 saturated carbocycles. The van der Waals surface area contributed by atoms with Crippen LogP contribution in [0.25, 0.3) is 0 Å². The van der Waals surface area contributed by atoms with E-state index in [1.54, 1.807) is 0 Å². The summed E-state index contributed by atoms with van der Waals surface area (Å²) in [6, 6.07) is 0. The number of carbonyl (C=O) groups excluding carboxylic acids is 2. The first-order chi connectivity index (χ1) is 18.5. The quantitative estimate of drug-likeness (QED) is 0.0801. The lowest BCUT2D eigenvalue weighted by Crippen LogP contribution is -2.29. The molecule has 2 unspecified atom stereocenters. The van der Waals surface area contributed by atoms with Crippen LogP contribution >= 0.6 is 0 Å². The fraction of sp³-hybridized carbons (Fsp3) is 0.938. The van der Waals surface area contributed by atoms with Crippen LogP contribution in [0, 0.1) is 0 Å². The molecule has 0 radical (unpaired) electrons. The Labute approximate surface area is 236 Å². The summed E-state index contributed by atoms with van der Waals surface area (Å²) in [5.41, 5.74) is 5.63. The topological polar surface area (TPSA) is 81.9 Å². The lowest BCUT2D eigenvalue weighted by molar-refractivity contribution is -0.150. The van der Waals surface area contributed by atoms with E-state index in [0.29, 0.717) is 12.8 Å². The number of hydrogen-bond donors (Lipinski definition) is 1. The first-order valence-corrected chi connectivity index (χ1v) is 16.3. The minimum atomic E-state index is -0.0663. The number of nitrogens with two attached hydrogens (primary N) is 1. The van der Waals surface area contributed by atoms with Gasteiger partial charge in [0.2, 0.25) is 0 Å². The third-order valence-electron chi connectivity index (χ3n) is 7.41. The van der Waals surface area contributed by atoms with E-state index in [9.17, 15) is 9.59 Å². The Kier molecular flexibility index (Phi) is 26.6. The van der Waals surface area contributed by atoms with Crippen LogP contribution in [0.5, 0.6) is 0 Å². The molecule has 0 amide bonds. The Hall–Kier alpha value is -1.14. The fourth-order valence-corrected chi connectivity index (χ4v) is 4.84. The van der Waals surface area contributed by atoms with Gasteiger partial charge in [-0.1, -0.05) is 79.1 Å². The third kappa shape index (κ3) is 22.8. The Morgan fingerprint density at radius 1 is 0.579 bits per heavy atom. The molecule has 0 rings (SSSR count). The Balaban J connectivity index is 4.44. The summed E-state index contributed by atoms with van der Waals surface area (Å²) in [4.78, 5) is 27.3. The predicted octanol–water partition coefficient (Wildman–Crippen LogP) is 7.95. The van der Waals surface area contributed by atoms with Gasteiger partial charge in [-0.25, -0.2) is 0 Å². The maximum Gasteiger partial charge on any atom is 0.306 e. The maximum absolute atomic E-state index is 12.4. The highest BCUT2D eigenvalue weighted by molar-refractivity contribution is 5.69. The van der Waals surface area contributed by atoms with Crippen LogP contribution in [0.2, 0.25) is 0 Å². The van der Waals surface area contributed by atoms with E-state index >= 15 is 0 Å². The van der Waals surface area contributed by atoms with E-state index in [1.807, 2.05) is 0 Å². The number of carbonyl (C=O) groups is 2. The molecule has 38 heavy (non-hydrogen) atoms. The molecule has 0 saturated heterocycles. The van der Waals surface area contributed by atoms with E-state index in [-0.39, 0.29) is 24.1 Å². The zero-order valence-corrected chi connectivity index (χ0v) is 25.8. The first kappa shape index (κ1) is 36.9. The molecule has 0 aliphatic rings. The van der Waals surface area contributed by atoms with Gasteiger partial charge in [-0.3, -0.25) is 9.59 Å². The predicted molar refractivity (Wildman–Crippen MR) is 160 cm³/mol. The number of esters is 2. The molecule has 0 heterocycles. The third-order valence-corrected chi connectivity index (χ3v) is 7.41. The van der Waals surface area contributed by atoms with Crippen molar-refractivity contribution in [2.24, 2.45) is 5.73 Å². The zero-order chi connectivity index (χ0) is 28.3. The van der Waals surface area contributed by atoms with Gasteiger partial charge in [0.25, 0.3) is 0 Å². The zero-order valence-electron chi connectivity index (χ0n) is 25.8. The van der Waals surface area contributed by atoms with Gasteiger partial charge in [0.05, 0.1) is 0 Å². The van der Waals surface area contributed by atoms with Gasteiger partial charge in [-0.05, 0) is 90.4 Å². The number of ether oxygens (including phenoxy) is 2. The molecule has 226 valence electrons. The largest absolute Gasteiger partial charge is 0.462 e. The van der Waals surface area contributed by atoms with Crippen LogP contribution in [-0.2, 0) is 19.1 Å². The fourth-order valence-electron chi connectivity index (χ4n) is 4.84. The van der Waals surface area contributed by atoms with E-state index < -0.39 is 0 Å². The molecule has 6 heteroatoms. The second-order valence-electron chi connectivity index (χ2n) is 11.0. The van der Waals surface area contributed by atoms with Crippen LogP contribution in [-0.4, -0.2) is 55.2 Å². The second-order valence-corrected chi connectivity index (χ2v) is 11.0. The average Bonchev–Trinajstić information content (AvgIpc) is 2.91. The molecule has 0 aromatic heterocycles. The summed E-state index contributed by atoms with van der Waals surface area (Å²) in [6.45, 7) is 12.1. The SMILES string of the molecule is CCCCCCC(CC)OC(=O)CCCN(CCCCCCN)CCCC(=O)OC(CC)CCCCCC. The molecule has 0 aliphatic heterocycles. The molecule has 2 atom stereocenters. The van der Waals surface area contributed by atoms with E-state index in [1.165, 1.54) is 44.9 Å². The Morgan fingerprint density at radius 3 is 1.42 bits per heavy atom. The van der Waals surface area contributed by atoms with Crippen molar-refractivity contribution in [2.45, 2.75) is 168 Å². The number of nitrogens with zero attached hydrogens (tertiary/aromatic N) is 1. The number of hydrogen-bond acceptors (Lipinski definition) is 6. The number of rotatable bonds is 28. The van der Waals surface area contributed by atoms with Gasteiger partial charge < -0.3 is 20.1 Å². The van der Waals surface area contributed by atoms with Crippen molar-refractivity contribution >= 4 is 11.9 Å². The lowest BCUT2D eigenvalue weighted by atomic mass is 10.1. The van der Waals surface area contributed by atoms with Crippen molar-refractivity contribution in [3.63, 3.8) is 0 Å². The van der Waals surface area contributed by atoms with Crippen LogP contribution < -0.4 is 5.73 Å². The highest BCUT2D eigenvalue weighted by Gasteiger charge is 2.15. The molecule has 0 fully saturated rings. The summed E-state index contributed by atoms with van der Waals surface area (Å²) in [5, 5.41) is 0. The highest BCUT2D eigenvalue weighted by Crippen LogP contribution is 2.14. The molecular weight excluding hydrogens is 476 g/mol. The van der Waals surface area contributed by atoms with Gasteiger partial charge in [-0.15, -0.1) is 0 Å². The summed E-state index contributed by atoms with van der Waals surface area (Å²) in [7, 11) is 0. The normalized spacial score (nSPS) is 13.0. The average molecular weight is 541 g/mol. The van der Waals surface area contributed by atoms with Gasteiger partial charge in [0.15, 0.2) is 0 Å². The number of unbranched alkanes of at least 4 members (excludes halogenated alkanes) is 9. The summed E-state index contributed by atoms with van der Waals surface area (Å²) < 4.78 is 11.5. The van der Waals surface area contributed by atoms with Crippen molar-refractivity contribution in [1.82, 2.24) is 4.90 Å². The maximum atomic E-state index is 12.4. The van der Waals surface area contributed by atoms with Crippen molar-refractivity contribution in [2.75, 3.05) is 26.2 Å². The lowest BCUT2D eigenvalue weighted by Gasteiger charge is -2.23. The van der Waals surface area contributed by atoms with Crippen molar-refractivity contribution in [3.8, 4) is 0 Å². The van der Waals surface area contributed by atoms with Crippen molar-refractivity contribution in [1.29, 1.82) is 0 Å². The van der Waals surface area contributed by atoms with Gasteiger partial charge >= 0.3 is 11.9 Å². The van der Waals surface area contributed by atoms with E-state index in [2.05, 4.69) is 32.6 Å². The standard InChI is InChI=1S/C32H64N2O4/c1-5-9-11-15-21-29(7-3)37-31(35)23-19-27-34(26-18-14-13-17-25-33)28-20-24-32(36)38-30(8-4)22-16-12-10-6-2/h29-30H,5-28,33H2,1-4H3. The van der Waals surface area contributed by atoms with Crippen LogP contribution in [0.3, 0.4) is 0 Å². The van der Waals surface area contributed by atoms with E-state index in [0.717, 1.165) is 96.8 Å². The van der Waals surface area contributed by atoms with Crippen LogP contribution in [0.15, 0.2) is 0 Å². The van der Waals surface area contributed by atoms with Gasteiger partial charge in [0.1, 0.15) is 12.2 Å². The highest BCUT2D eigenvalue weighted by atomic mass is 16.5. The van der Waals surface area contributed by atoms with Crippen LogP contribution in [0.1, 0.15) is 156 Å². The van der Waals surface area contributed by atoms with Gasteiger partial charge in [0, 0.05) is 12.8 Å². The molecule has 0 aliphatic carbocycles. The molecule has 0 aromatic carbocycles. The summed E-state index contributed by atoms with van der Waals surface area (Å²) in [5.74, 6) is -0.133. The Bertz CT molecular complexity index is 504. The molecule has 0 aromatic rings. The summed E-state index contributed by atoms with van der Waals surface area (Å²) in [6.07, 6.45) is 20.6. The van der Waals surface area contributed by atoms with Crippen LogP contribution in [0.4, 0.5) is 0 Å². The molecular formula is C32H64N2O4.